The number of para-hydroxylation sites is 1. The molecule has 0 heterocycles. The Hall–Kier alpha value is -1.80. The highest BCUT2D eigenvalue weighted by Gasteiger charge is 2.11. The molecule has 2 rings (SSSR count). The van der Waals surface area contributed by atoms with Crippen LogP contribution in [0.2, 0.25) is 0 Å². The van der Waals surface area contributed by atoms with Gasteiger partial charge in [-0.3, -0.25) is 0 Å². The molecule has 0 radical (unpaired) electrons. The summed E-state index contributed by atoms with van der Waals surface area (Å²) in [4.78, 5) is 0. The highest BCUT2D eigenvalue weighted by molar-refractivity contribution is 5.40. The number of hydrogen-bond donors (Lipinski definition) is 1. The van der Waals surface area contributed by atoms with Gasteiger partial charge in [0.2, 0.25) is 0 Å². The zero-order valence-corrected chi connectivity index (χ0v) is 13.2. The zero-order chi connectivity index (χ0) is 15.1. The maximum absolute atomic E-state index is 6.07. The van der Waals surface area contributed by atoms with Crippen LogP contribution in [0.5, 0.6) is 11.5 Å². The molecule has 0 aliphatic rings. The first-order valence-electron chi connectivity index (χ1n) is 7.83. The molecule has 2 heteroatoms. The maximum atomic E-state index is 6.07. The van der Waals surface area contributed by atoms with Crippen molar-refractivity contribution in [3.8, 4) is 11.5 Å². The van der Waals surface area contributed by atoms with Gasteiger partial charge in [0.1, 0.15) is 11.5 Å². The fourth-order valence-corrected chi connectivity index (χ4v) is 2.32. The van der Waals surface area contributed by atoms with E-state index in [1.54, 1.807) is 0 Å². The lowest BCUT2D eigenvalue weighted by Crippen LogP contribution is -2.19. The van der Waals surface area contributed by atoms with E-state index in [2.05, 4.69) is 50.4 Å². The second kappa shape index (κ2) is 7.84. The van der Waals surface area contributed by atoms with Gasteiger partial charge in [-0.2, -0.15) is 0 Å². The van der Waals surface area contributed by atoms with Crippen LogP contribution in [0, 0.1) is 0 Å². The molecule has 1 unspecified atom stereocenters. The smallest absolute Gasteiger partial charge is 0.132 e. The number of nitrogens with one attached hydrogen (secondary N) is 1. The van der Waals surface area contributed by atoms with E-state index in [1.165, 1.54) is 11.1 Å². The number of rotatable bonds is 7. The van der Waals surface area contributed by atoms with Crippen molar-refractivity contribution in [3.05, 3.63) is 59.7 Å². The van der Waals surface area contributed by atoms with Gasteiger partial charge < -0.3 is 10.1 Å². The molecule has 112 valence electrons. The molecule has 2 nitrogen and oxygen atoms in total. The van der Waals surface area contributed by atoms with E-state index >= 15 is 0 Å². The largest absolute Gasteiger partial charge is 0.457 e. The summed E-state index contributed by atoms with van der Waals surface area (Å²) in [5.41, 5.74) is 2.53. The van der Waals surface area contributed by atoms with Crippen molar-refractivity contribution in [2.24, 2.45) is 0 Å². The molecule has 0 fully saturated rings. The summed E-state index contributed by atoms with van der Waals surface area (Å²) in [6, 6.07) is 16.9. The predicted octanol–water partition coefficient (Wildman–Crippen LogP) is 5.10. The molecule has 0 aliphatic heterocycles. The Morgan fingerprint density at radius 3 is 2.38 bits per heavy atom. The lowest BCUT2D eigenvalue weighted by Gasteiger charge is -2.18. The van der Waals surface area contributed by atoms with Crippen LogP contribution in [0.15, 0.2) is 48.5 Å². The summed E-state index contributed by atoms with van der Waals surface area (Å²) < 4.78 is 6.07. The monoisotopic (exact) mass is 283 g/mol. The number of aryl methyl sites for hydroxylation is 1. The van der Waals surface area contributed by atoms with Crippen molar-refractivity contribution < 1.29 is 4.74 Å². The van der Waals surface area contributed by atoms with Crippen LogP contribution < -0.4 is 10.1 Å². The second-order valence-electron chi connectivity index (χ2n) is 5.31. The second-order valence-corrected chi connectivity index (χ2v) is 5.31. The molecular formula is C19H25NO. The van der Waals surface area contributed by atoms with E-state index in [-0.39, 0.29) is 6.04 Å². The quantitative estimate of drug-likeness (QED) is 0.763. The minimum absolute atomic E-state index is 0.288. The molecular weight excluding hydrogens is 258 g/mol. The Morgan fingerprint density at radius 1 is 1.00 bits per heavy atom. The van der Waals surface area contributed by atoms with Crippen molar-refractivity contribution in [3.63, 3.8) is 0 Å². The van der Waals surface area contributed by atoms with Crippen LogP contribution >= 0.6 is 0 Å². The van der Waals surface area contributed by atoms with Gasteiger partial charge in [-0.25, -0.2) is 0 Å². The average Bonchev–Trinajstić information content (AvgIpc) is 2.54. The minimum Gasteiger partial charge on any atom is -0.457 e. The molecule has 0 aliphatic carbocycles. The SMILES string of the molecule is CCCNC(C)c1ccccc1Oc1ccc(CC)cc1. The van der Waals surface area contributed by atoms with E-state index in [4.69, 9.17) is 4.74 Å². The van der Waals surface area contributed by atoms with Gasteiger partial charge in [-0.1, -0.05) is 44.2 Å². The summed E-state index contributed by atoms with van der Waals surface area (Å²) in [7, 11) is 0. The third-order valence-corrected chi connectivity index (χ3v) is 3.65. The Balaban J connectivity index is 2.15. The van der Waals surface area contributed by atoms with Gasteiger partial charge in [0.25, 0.3) is 0 Å². The Labute approximate surface area is 128 Å². The molecule has 0 saturated heterocycles. The summed E-state index contributed by atoms with van der Waals surface area (Å²) in [6.07, 6.45) is 2.18. The number of ether oxygens (including phenoxy) is 1. The normalized spacial score (nSPS) is 12.1. The molecule has 0 amide bonds. The van der Waals surface area contributed by atoms with E-state index in [0.717, 1.165) is 30.9 Å². The van der Waals surface area contributed by atoms with Crippen LogP contribution in [-0.2, 0) is 6.42 Å². The summed E-state index contributed by atoms with van der Waals surface area (Å²) in [5, 5.41) is 3.51. The van der Waals surface area contributed by atoms with Crippen LogP contribution in [0.4, 0.5) is 0 Å². The fraction of sp³-hybridized carbons (Fsp3) is 0.368. The van der Waals surface area contributed by atoms with Crippen molar-refractivity contribution in [1.82, 2.24) is 5.32 Å². The van der Waals surface area contributed by atoms with Gasteiger partial charge in [-0.15, -0.1) is 0 Å². The molecule has 0 aromatic heterocycles. The van der Waals surface area contributed by atoms with Gasteiger partial charge >= 0.3 is 0 Å². The molecule has 21 heavy (non-hydrogen) atoms. The van der Waals surface area contributed by atoms with E-state index in [1.807, 2.05) is 24.3 Å². The first-order chi connectivity index (χ1) is 10.2. The Bertz CT molecular complexity index is 548. The van der Waals surface area contributed by atoms with Crippen LogP contribution in [0.3, 0.4) is 0 Å². The van der Waals surface area contributed by atoms with Gasteiger partial charge in [0.15, 0.2) is 0 Å². The Morgan fingerprint density at radius 2 is 1.71 bits per heavy atom. The standard InChI is InChI=1S/C19H25NO/c1-4-14-20-15(3)18-8-6-7-9-19(18)21-17-12-10-16(5-2)11-13-17/h6-13,15,20H,4-5,14H2,1-3H3. The molecule has 1 N–H and O–H groups in total. The van der Waals surface area contributed by atoms with Crippen molar-refractivity contribution in [2.45, 2.75) is 39.7 Å². The first-order valence-corrected chi connectivity index (χ1v) is 7.83. The maximum Gasteiger partial charge on any atom is 0.132 e. The van der Waals surface area contributed by atoms with Crippen molar-refractivity contribution in [1.29, 1.82) is 0 Å². The first kappa shape index (κ1) is 15.6. The van der Waals surface area contributed by atoms with Crippen molar-refractivity contribution in [2.75, 3.05) is 6.54 Å². The van der Waals surface area contributed by atoms with Gasteiger partial charge in [0, 0.05) is 11.6 Å². The van der Waals surface area contributed by atoms with Crippen LogP contribution in [0.25, 0.3) is 0 Å². The molecule has 2 aromatic rings. The van der Waals surface area contributed by atoms with Gasteiger partial charge in [-0.05, 0) is 50.1 Å². The van der Waals surface area contributed by atoms with Crippen LogP contribution in [-0.4, -0.2) is 6.54 Å². The molecule has 0 bridgehead atoms. The van der Waals surface area contributed by atoms with Crippen molar-refractivity contribution >= 4 is 0 Å². The average molecular weight is 283 g/mol. The lowest BCUT2D eigenvalue weighted by molar-refractivity contribution is 0.461. The number of benzene rings is 2. The van der Waals surface area contributed by atoms with E-state index < -0.39 is 0 Å². The summed E-state index contributed by atoms with van der Waals surface area (Å²) in [5.74, 6) is 1.82. The molecule has 1 atom stereocenters. The topological polar surface area (TPSA) is 21.3 Å². The molecule has 2 aromatic carbocycles. The summed E-state index contributed by atoms with van der Waals surface area (Å²) >= 11 is 0. The third-order valence-electron chi connectivity index (χ3n) is 3.65. The fourth-order valence-electron chi connectivity index (χ4n) is 2.32. The van der Waals surface area contributed by atoms with E-state index in [0.29, 0.717) is 0 Å². The van der Waals surface area contributed by atoms with Crippen LogP contribution in [0.1, 0.15) is 44.4 Å². The zero-order valence-electron chi connectivity index (χ0n) is 13.2. The number of hydrogen-bond acceptors (Lipinski definition) is 2. The Kier molecular flexibility index (Phi) is 5.82. The summed E-state index contributed by atoms with van der Waals surface area (Å²) in [6.45, 7) is 7.53. The third kappa shape index (κ3) is 4.33. The molecule has 0 saturated carbocycles. The van der Waals surface area contributed by atoms with E-state index in [9.17, 15) is 0 Å². The predicted molar refractivity (Wildman–Crippen MR) is 89.0 cm³/mol. The highest BCUT2D eigenvalue weighted by atomic mass is 16.5. The molecule has 0 spiro atoms. The van der Waals surface area contributed by atoms with Gasteiger partial charge in [0.05, 0.1) is 0 Å². The highest BCUT2D eigenvalue weighted by Crippen LogP contribution is 2.29. The lowest BCUT2D eigenvalue weighted by atomic mass is 10.1. The minimum atomic E-state index is 0.288.